The molecule has 0 radical (unpaired) electrons. The van der Waals surface area contributed by atoms with Crippen molar-refractivity contribution in [2.24, 2.45) is 11.3 Å². The van der Waals surface area contributed by atoms with Crippen molar-refractivity contribution in [1.82, 2.24) is 4.90 Å². The molecular formula is C17H23NO5. The maximum atomic E-state index is 11.2. The minimum atomic E-state index is -0.941. The molecule has 0 spiro atoms. The average molecular weight is 321 g/mol. The first-order valence-corrected chi connectivity index (χ1v) is 7.89. The Hall–Kier alpha value is -1.63. The lowest BCUT2D eigenvalue weighted by Crippen LogP contribution is -2.42. The van der Waals surface area contributed by atoms with Crippen LogP contribution in [-0.2, 0) is 11.3 Å². The van der Waals surface area contributed by atoms with Crippen LogP contribution in [0.15, 0.2) is 18.2 Å². The number of aromatic carboxylic acids is 1. The molecule has 23 heavy (non-hydrogen) atoms. The van der Waals surface area contributed by atoms with Crippen LogP contribution in [0.3, 0.4) is 0 Å². The molecule has 1 aromatic carbocycles. The van der Waals surface area contributed by atoms with Crippen LogP contribution in [0.25, 0.3) is 0 Å². The van der Waals surface area contributed by atoms with Gasteiger partial charge in [0.25, 0.3) is 0 Å². The number of aliphatic hydroxyl groups is 1. The second kappa shape index (κ2) is 6.47. The van der Waals surface area contributed by atoms with Gasteiger partial charge >= 0.3 is 5.97 Å². The number of carboxylic acid groups (broad SMARTS) is 1. The van der Waals surface area contributed by atoms with Crippen molar-refractivity contribution < 1.29 is 24.5 Å². The van der Waals surface area contributed by atoms with Crippen LogP contribution in [0.4, 0.5) is 0 Å². The zero-order valence-electron chi connectivity index (χ0n) is 13.3. The highest BCUT2D eigenvalue weighted by atomic mass is 16.5. The molecule has 0 aliphatic carbocycles. The number of rotatable bonds is 5. The molecule has 126 valence electrons. The number of fused-ring (bicyclic) bond motifs is 1. The lowest BCUT2D eigenvalue weighted by Gasteiger charge is -2.36. The van der Waals surface area contributed by atoms with Gasteiger partial charge in [0.1, 0.15) is 5.75 Å². The molecule has 2 aliphatic rings. The van der Waals surface area contributed by atoms with E-state index in [1.807, 2.05) is 0 Å². The fourth-order valence-corrected chi connectivity index (χ4v) is 3.83. The molecule has 2 aliphatic heterocycles. The maximum Gasteiger partial charge on any atom is 0.335 e. The molecule has 6 nitrogen and oxygen atoms in total. The number of hydrogen-bond acceptors (Lipinski definition) is 5. The summed E-state index contributed by atoms with van der Waals surface area (Å²) in [5, 5.41) is 19.0. The van der Waals surface area contributed by atoms with Crippen molar-refractivity contribution in [3.8, 4) is 5.75 Å². The van der Waals surface area contributed by atoms with Crippen LogP contribution >= 0.6 is 0 Å². The van der Waals surface area contributed by atoms with Crippen molar-refractivity contribution in [3.05, 3.63) is 29.3 Å². The fraction of sp³-hybridized carbons (Fsp3) is 0.588. The topological polar surface area (TPSA) is 79.2 Å². The van der Waals surface area contributed by atoms with E-state index in [1.165, 1.54) is 0 Å². The average Bonchev–Trinajstić information content (AvgIpc) is 2.93. The molecule has 0 unspecified atom stereocenters. The largest absolute Gasteiger partial charge is 0.496 e. The lowest BCUT2D eigenvalue weighted by atomic mass is 9.76. The zero-order valence-corrected chi connectivity index (χ0v) is 13.3. The third-order valence-electron chi connectivity index (χ3n) is 5.12. The van der Waals surface area contributed by atoms with Gasteiger partial charge in [0.2, 0.25) is 0 Å². The molecule has 2 fully saturated rings. The van der Waals surface area contributed by atoms with Gasteiger partial charge in [-0.3, -0.25) is 4.90 Å². The van der Waals surface area contributed by atoms with Crippen LogP contribution in [0.5, 0.6) is 5.75 Å². The van der Waals surface area contributed by atoms with E-state index in [9.17, 15) is 15.0 Å². The van der Waals surface area contributed by atoms with E-state index in [1.54, 1.807) is 25.3 Å². The van der Waals surface area contributed by atoms with Crippen LogP contribution < -0.4 is 4.74 Å². The Morgan fingerprint density at radius 1 is 1.52 bits per heavy atom. The normalized spacial score (nSPS) is 27.7. The summed E-state index contributed by atoms with van der Waals surface area (Å²) in [6.45, 7) is 3.73. The highest BCUT2D eigenvalue weighted by molar-refractivity contribution is 5.88. The highest BCUT2D eigenvalue weighted by Crippen LogP contribution is 2.41. The molecule has 2 N–H and O–H groups in total. The monoisotopic (exact) mass is 321 g/mol. The second-order valence-electron chi connectivity index (χ2n) is 6.56. The minimum Gasteiger partial charge on any atom is -0.496 e. The molecule has 3 rings (SSSR count). The zero-order chi connectivity index (χ0) is 16.4. The first-order valence-electron chi connectivity index (χ1n) is 7.89. The molecule has 0 aromatic heterocycles. The van der Waals surface area contributed by atoms with Crippen LogP contribution in [0.2, 0.25) is 0 Å². The van der Waals surface area contributed by atoms with E-state index < -0.39 is 5.97 Å². The van der Waals surface area contributed by atoms with Crippen LogP contribution in [-0.4, -0.2) is 61.1 Å². The van der Waals surface area contributed by atoms with Gasteiger partial charge in [-0.25, -0.2) is 4.79 Å². The van der Waals surface area contributed by atoms with Crippen molar-refractivity contribution in [2.75, 3.05) is 40.0 Å². The number of ether oxygens (including phenoxy) is 2. The van der Waals surface area contributed by atoms with Gasteiger partial charge in [0.05, 0.1) is 25.9 Å². The van der Waals surface area contributed by atoms with E-state index in [-0.39, 0.29) is 17.6 Å². The summed E-state index contributed by atoms with van der Waals surface area (Å²) < 4.78 is 10.9. The van der Waals surface area contributed by atoms with Gasteiger partial charge in [-0.1, -0.05) is 0 Å². The van der Waals surface area contributed by atoms with Crippen molar-refractivity contribution in [2.45, 2.75) is 13.0 Å². The third kappa shape index (κ3) is 3.06. The first-order chi connectivity index (χ1) is 11.1. The molecule has 2 heterocycles. The second-order valence-corrected chi connectivity index (χ2v) is 6.56. The molecule has 0 saturated carbocycles. The first kappa shape index (κ1) is 16.2. The molecular weight excluding hydrogens is 298 g/mol. The van der Waals surface area contributed by atoms with Gasteiger partial charge in [0, 0.05) is 37.2 Å². The number of hydrogen-bond donors (Lipinski definition) is 2. The Bertz CT molecular complexity index is 590. The number of aliphatic hydroxyl groups excluding tert-OH is 1. The number of carboxylic acids is 1. The minimum absolute atomic E-state index is 0.125. The Balaban J connectivity index is 1.79. The number of likely N-dealkylation sites (tertiary alicyclic amines) is 1. The number of carbonyl (C=O) groups is 1. The van der Waals surface area contributed by atoms with E-state index >= 15 is 0 Å². The molecule has 2 atom stereocenters. The standard InChI is InChI=1S/C17H23NO5/c1-22-15-3-2-12(16(20)21)6-13(15)7-18-8-14-4-5-23-11-17(14,9-18)10-19/h2-3,6,14,19H,4-5,7-11H2,1H3,(H,20,21)/t14-,17+/m0/s1. The predicted molar refractivity (Wildman–Crippen MR) is 83.7 cm³/mol. The molecule has 1 aromatic rings. The SMILES string of the molecule is COc1ccc(C(=O)O)cc1CN1C[C@@H]2CCOC[C@]2(CO)C1. The van der Waals surface area contributed by atoms with Gasteiger partial charge < -0.3 is 19.7 Å². The quantitative estimate of drug-likeness (QED) is 0.849. The Morgan fingerprint density at radius 2 is 2.35 bits per heavy atom. The molecule has 6 heteroatoms. The summed E-state index contributed by atoms with van der Waals surface area (Å²) >= 11 is 0. The Kier molecular flexibility index (Phi) is 4.57. The van der Waals surface area contributed by atoms with E-state index in [2.05, 4.69) is 4.90 Å². The number of methoxy groups -OCH3 is 1. The maximum absolute atomic E-state index is 11.2. The Morgan fingerprint density at radius 3 is 3.00 bits per heavy atom. The van der Waals surface area contributed by atoms with E-state index in [0.29, 0.717) is 24.8 Å². The van der Waals surface area contributed by atoms with E-state index in [4.69, 9.17) is 9.47 Å². The van der Waals surface area contributed by atoms with Crippen molar-refractivity contribution in [1.29, 1.82) is 0 Å². The van der Waals surface area contributed by atoms with Gasteiger partial charge in [-0.15, -0.1) is 0 Å². The fourth-order valence-electron chi connectivity index (χ4n) is 3.83. The molecule has 2 saturated heterocycles. The predicted octanol–water partition coefficient (Wildman–Crippen LogP) is 1.22. The van der Waals surface area contributed by atoms with Gasteiger partial charge in [0.15, 0.2) is 0 Å². The summed E-state index contributed by atoms with van der Waals surface area (Å²) in [6.07, 6.45) is 0.962. The number of benzene rings is 1. The van der Waals surface area contributed by atoms with Crippen LogP contribution in [0, 0.1) is 11.3 Å². The van der Waals surface area contributed by atoms with Gasteiger partial charge in [-0.2, -0.15) is 0 Å². The third-order valence-corrected chi connectivity index (χ3v) is 5.12. The summed E-state index contributed by atoms with van der Waals surface area (Å²) in [4.78, 5) is 13.5. The summed E-state index contributed by atoms with van der Waals surface area (Å²) in [5.41, 5.74) is 0.938. The highest BCUT2D eigenvalue weighted by Gasteiger charge is 2.48. The summed E-state index contributed by atoms with van der Waals surface area (Å²) in [6, 6.07) is 4.93. The van der Waals surface area contributed by atoms with Crippen molar-refractivity contribution >= 4 is 5.97 Å². The summed E-state index contributed by atoms with van der Waals surface area (Å²) in [7, 11) is 1.59. The molecule has 0 amide bonds. The summed E-state index contributed by atoms with van der Waals surface area (Å²) in [5.74, 6) is 0.179. The van der Waals surface area contributed by atoms with Gasteiger partial charge in [-0.05, 0) is 30.5 Å². The smallest absolute Gasteiger partial charge is 0.335 e. The van der Waals surface area contributed by atoms with E-state index in [0.717, 1.165) is 31.7 Å². The Labute approximate surface area is 135 Å². The number of nitrogens with zero attached hydrogens (tertiary/aromatic N) is 1. The molecule has 0 bridgehead atoms. The van der Waals surface area contributed by atoms with Crippen LogP contribution in [0.1, 0.15) is 22.3 Å². The lowest BCUT2D eigenvalue weighted by molar-refractivity contribution is -0.0561. The van der Waals surface area contributed by atoms with Crippen molar-refractivity contribution in [3.63, 3.8) is 0 Å².